The number of nitrogens with two attached hydrogens (primary N) is 2. The molecule has 2 aliphatic heterocycles. The summed E-state index contributed by atoms with van der Waals surface area (Å²) in [6.45, 7) is 4.86. The van der Waals surface area contributed by atoms with Crippen molar-refractivity contribution in [1.82, 2.24) is 24.3 Å². The fourth-order valence-corrected chi connectivity index (χ4v) is 6.05. The van der Waals surface area contributed by atoms with Crippen molar-refractivity contribution >= 4 is 17.8 Å². The van der Waals surface area contributed by atoms with Crippen molar-refractivity contribution in [1.29, 1.82) is 0 Å². The summed E-state index contributed by atoms with van der Waals surface area (Å²) >= 11 is 0. The molecule has 3 heterocycles. The van der Waals surface area contributed by atoms with Crippen LogP contribution in [0, 0.1) is 11.8 Å². The molecule has 1 aromatic carbocycles. The first-order valence-corrected chi connectivity index (χ1v) is 13.6. The fraction of sp³-hybridized carbons (Fsp3) is 0.556. The Morgan fingerprint density at radius 3 is 2.42 bits per heavy atom. The van der Waals surface area contributed by atoms with E-state index in [4.69, 9.17) is 11.5 Å². The maximum absolute atomic E-state index is 12.8. The Bertz CT molecular complexity index is 1270. The van der Waals surface area contributed by atoms with Crippen molar-refractivity contribution in [2.45, 2.75) is 37.3 Å². The molecule has 2 aromatic rings. The van der Waals surface area contributed by atoms with Gasteiger partial charge in [-0.1, -0.05) is 12.1 Å². The van der Waals surface area contributed by atoms with Gasteiger partial charge >= 0.3 is 11.7 Å². The van der Waals surface area contributed by atoms with Gasteiger partial charge in [-0.05, 0) is 61.3 Å². The normalized spacial score (nSPS) is 26.0. The smallest absolute Gasteiger partial charge is 0.338 e. The summed E-state index contributed by atoms with van der Waals surface area (Å²) in [5.74, 6) is 1.53. The average molecular weight is 521 g/mol. The minimum Gasteiger partial charge on any atom is -0.338 e. The van der Waals surface area contributed by atoms with Crippen molar-refractivity contribution in [3.63, 3.8) is 0 Å². The Kier molecular flexibility index (Phi) is 6.45. The van der Waals surface area contributed by atoms with Crippen LogP contribution >= 0.6 is 0 Å². The number of carbonyl (C=O) groups excluding carboxylic acids is 2. The van der Waals surface area contributed by atoms with Gasteiger partial charge in [-0.15, -0.1) is 0 Å². The van der Waals surface area contributed by atoms with Crippen LogP contribution < -0.4 is 22.5 Å². The maximum atomic E-state index is 12.8. The largest absolute Gasteiger partial charge is 0.354 e. The second-order valence-electron chi connectivity index (χ2n) is 11.3. The van der Waals surface area contributed by atoms with Gasteiger partial charge in [-0.2, -0.15) is 4.98 Å². The van der Waals surface area contributed by atoms with Crippen molar-refractivity contribution < 1.29 is 9.59 Å². The summed E-state index contributed by atoms with van der Waals surface area (Å²) in [4.78, 5) is 48.1. The molecule has 0 spiro atoms. The van der Waals surface area contributed by atoms with E-state index in [1.807, 2.05) is 18.2 Å². The first kappa shape index (κ1) is 25.0. The molecule has 2 saturated heterocycles. The number of hydrogen-bond acceptors (Lipinski definition) is 7. The van der Waals surface area contributed by atoms with E-state index >= 15 is 0 Å². The van der Waals surface area contributed by atoms with Crippen LogP contribution in [-0.2, 0) is 11.2 Å². The van der Waals surface area contributed by atoms with Crippen LogP contribution in [0.25, 0.3) is 5.69 Å². The molecule has 5 N–H and O–H groups in total. The highest BCUT2D eigenvalue weighted by Gasteiger charge is 2.53. The number of amides is 3. The first-order chi connectivity index (χ1) is 18.3. The molecular formula is C27H36N8O3. The van der Waals surface area contributed by atoms with Crippen LogP contribution in [-0.4, -0.2) is 93.6 Å². The number of nitrogens with zero attached hydrogens (tertiary/aromatic N) is 5. The van der Waals surface area contributed by atoms with Gasteiger partial charge in [0.1, 0.15) is 5.82 Å². The number of carbonyl (C=O) groups is 2. The van der Waals surface area contributed by atoms with E-state index < -0.39 is 11.2 Å². The van der Waals surface area contributed by atoms with Gasteiger partial charge in [-0.25, -0.2) is 9.59 Å². The van der Waals surface area contributed by atoms with Crippen LogP contribution in [0.1, 0.15) is 24.8 Å². The minimum atomic E-state index is -0.722. The maximum Gasteiger partial charge on any atom is 0.354 e. The van der Waals surface area contributed by atoms with E-state index in [2.05, 4.69) is 21.3 Å². The van der Waals surface area contributed by atoms with Crippen molar-refractivity contribution in [3.8, 4) is 5.69 Å². The molecule has 3 amide bonds. The van der Waals surface area contributed by atoms with E-state index in [0.29, 0.717) is 44.1 Å². The Labute approximate surface area is 221 Å². The van der Waals surface area contributed by atoms with E-state index in [1.54, 1.807) is 22.1 Å². The van der Waals surface area contributed by atoms with E-state index in [9.17, 15) is 14.4 Å². The van der Waals surface area contributed by atoms with Gasteiger partial charge in [0.2, 0.25) is 5.91 Å². The molecule has 2 atom stereocenters. The van der Waals surface area contributed by atoms with E-state index in [1.165, 1.54) is 4.57 Å². The number of anilines is 1. The monoisotopic (exact) mass is 520 g/mol. The van der Waals surface area contributed by atoms with Crippen LogP contribution in [0.15, 0.2) is 41.3 Å². The predicted molar refractivity (Wildman–Crippen MR) is 143 cm³/mol. The Balaban J connectivity index is 1.02. The van der Waals surface area contributed by atoms with Gasteiger partial charge in [0, 0.05) is 58.1 Å². The Morgan fingerprint density at radius 2 is 1.76 bits per heavy atom. The highest BCUT2D eigenvalue weighted by molar-refractivity contribution is 5.89. The third-order valence-corrected chi connectivity index (χ3v) is 8.81. The number of rotatable bonds is 6. The predicted octanol–water partition coefficient (Wildman–Crippen LogP) is 0.221. The van der Waals surface area contributed by atoms with Crippen LogP contribution in [0.2, 0.25) is 0 Å². The molecule has 0 bridgehead atoms. The van der Waals surface area contributed by atoms with Crippen LogP contribution in [0.5, 0.6) is 0 Å². The SMILES string of the molecule is NC1C2CN(CCc3cccc(-n4ccc(NC(=O)N5CCN(C(=O)C6(N)CCC6)CC5)nc4=O)c3)CC12. The average Bonchev–Trinajstić information content (AvgIpc) is 3.29. The number of fused-ring (bicyclic) bond motifs is 1. The van der Waals surface area contributed by atoms with Gasteiger partial charge < -0.3 is 26.2 Å². The standard InChI is InChI=1S/C27H36N8O3/c28-23-20-16-32(17-21(20)23)9-5-18-3-1-4-19(15-18)35-10-6-22(31-26(35)38)30-25(37)34-13-11-33(12-14-34)24(36)27(29)7-2-8-27/h1,3-4,6,10,15,20-21,23H,2,5,7-9,11-14,16-17,28-29H2,(H,30,31,37,38). The lowest BCUT2D eigenvalue weighted by Gasteiger charge is -2.43. The second kappa shape index (κ2) is 9.79. The summed E-state index contributed by atoms with van der Waals surface area (Å²) in [7, 11) is 0. The highest BCUT2D eigenvalue weighted by atomic mass is 16.2. The highest BCUT2D eigenvalue weighted by Crippen LogP contribution is 2.43. The summed E-state index contributed by atoms with van der Waals surface area (Å²) in [5.41, 5.74) is 12.9. The Hall–Kier alpha value is -3.28. The summed E-state index contributed by atoms with van der Waals surface area (Å²) in [5, 5.41) is 2.72. The first-order valence-electron chi connectivity index (χ1n) is 13.6. The third-order valence-electron chi connectivity index (χ3n) is 8.81. The number of benzene rings is 1. The summed E-state index contributed by atoms with van der Waals surface area (Å²) in [6, 6.07) is 9.61. The zero-order valence-corrected chi connectivity index (χ0v) is 21.6. The topological polar surface area (TPSA) is 143 Å². The van der Waals surface area contributed by atoms with Gasteiger partial charge in [-0.3, -0.25) is 14.7 Å². The molecule has 38 heavy (non-hydrogen) atoms. The lowest BCUT2D eigenvalue weighted by molar-refractivity contribution is -0.141. The third kappa shape index (κ3) is 4.81. The van der Waals surface area contributed by atoms with Crippen LogP contribution in [0.3, 0.4) is 0 Å². The van der Waals surface area contributed by atoms with Crippen molar-refractivity contribution in [3.05, 3.63) is 52.6 Å². The molecule has 11 nitrogen and oxygen atoms in total. The van der Waals surface area contributed by atoms with Gasteiger partial charge in [0.15, 0.2) is 0 Å². The van der Waals surface area contributed by atoms with Gasteiger partial charge in [0.25, 0.3) is 0 Å². The minimum absolute atomic E-state index is 0.0182. The van der Waals surface area contributed by atoms with E-state index in [-0.39, 0.29) is 17.8 Å². The second-order valence-corrected chi connectivity index (χ2v) is 11.3. The van der Waals surface area contributed by atoms with Gasteiger partial charge in [0.05, 0.1) is 11.2 Å². The van der Waals surface area contributed by atoms with E-state index in [0.717, 1.165) is 56.6 Å². The Morgan fingerprint density at radius 1 is 1.05 bits per heavy atom. The molecule has 2 unspecified atom stereocenters. The van der Waals surface area contributed by atoms with Crippen molar-refractivity contribution in [2.75, 3.05) is 51.1 Å². The number of aromatic nitrogens is 2. The molecule has 4 aliphatic rings. The van der Waals surface area contributed by atoms with Crippen molar-refractivity contribution in [2.24, 2.45) is 23.3 Å². The molecule has 202 valence electrons. The number of piperidine rings is 1. The fourth-order valence-electron chi connectivity index (χ4n) is 6.05. The number of piperazine rings is 1. The molecule has 2 aliphatic carbocycles. The molecule has 0 radical (unpaired) electrons. The molecule has 6 rings (SSSR count). The quantitative estimate of drug-likeness (QED) is 0.495. The van der Waals surface area contributed by atoms with Crippen LogP contribution in [0.4, 0.5) is 10.6 Å². The summed E-state index contributed by atoms with van der Waals surface area (Å²) < 4.78 is 1.48. The molecule has 1 aromatic heterocycles. The zero-order chi connectivity index (χ0) is 26.4. The summed E-state index contributed by atoms with van der Waals surface area (Å²) in [6.07, 6.45) is 4.97. The number of hydrogen-bond donors (Lipinski definition) is 3. The molecular weight excluding hydrogens is 484 g/mol. The molecule has 2 saturated carbocycles. The number of likely N-dealkylation sites (tertiary alicyclic amines) is 1. The molecule has 11 heteroatoms. The number of urea groups is 1. The molecule has 4 fully saturated rings. The zero-order valence-electron chi connectivity index (χ0n) is 21.6. The lowest BCUT2D eigenvalue weighted by atomic mass is 9.76. The lowest BCUT2D eigenvalue weighted by Crippen LogP contribution is -2.63. The number of nitrogens with one attached hydrogen (secondary N) is 1.